The van der Waals surface area contributed by atoms with Gasteiger partial charge in [-0.05, 0) is 51.7 Å². The van der Waals surface area contributed by atoms with Crippen LogP contribution in [-0.4, -0.2) is 71.9 Å². The maximum Gasteiger partial charge on any atom is 0.290 e. The van der Waals surface area contributed by atoms with Gasteiger partial charge in [-0.2, -0.15) is 0 Å². The van der Waals surface area contributed by atoms with E-state index in [0.29, 0.717) is 0 Å². The number of rotatable bonds is 39. The molecule has 0 aliphatic rings. The van der Waals surface area contributed by atoms with E-state index in [1.165, 1.54) is 219 Å². The second kappa shape index (κ2) is 59.0. The number of hydrogen-bond donors (Lipinski definition) is 4. The highest BCUT2D eigenvalue weighted by atomic mass is 16.3. The molecular weight excluding hydrogens is 689 g/mol. The van der Waals surface area contributed by atoms with Crippen LogP contribution in [-0.2, 0) is 14.4 Å². The molecule has 0 bridgehead atoms. The molecule has 332 valence electrons. The number of aliphatic hydroxyl groups is 1. The van der Waals surface area contributed by atoms with Crippen molar-refractivity contribution in [1.29, 1.82) is 0 Å². The van der Waals surface area contributed by atoms with Crippen LogP contribution in [0.3, 0.4) is 0 Å². The highest BCUT2D eigenvalue weighted by Crippen LogP contribution is 2.25. The third-order valence-electron chi connectivity index (χ3n) is 10.4. The fourth-order valence-corrected chi connectivity index (χ4v) is 7.24. The molecule has 0 fully saturated rings. The molecule has 0 radical (unpaired) electrons. The number of aliphatic hydroxyl groups excluding tert-OH is 1. The van der Waals surface area contributed by atoms with E-state index in [-0.39, 0.29) is 25.5 Å². The van der Waals surface area contributed by atoms with Gasteiger partial charge in [0.2, 0.25) is 5.91 Å². The molecule has 0 aromatic carbocycles. The topological polar surface area (TPSA) is 127 Å². The maximum atomic E-state index is 11.3. The summed E-state index contributed by atoms with van der Waals surface area (Å²) < 4.78 is 0. The summed E-state index contributed by atoms with van der Waals surface area (Å²) in [7, 11) is 0. The first kappa shape index (κ1) is 60.0. The van der Waals surface area contributed by atoms with E-state index in [2.05, 4.69) is 31.0 Å². The summed E-state index contributed by atoms with van der Waals surface area (Å²) in [5, 5.41) is 24.3. The van der Waals surface area contributed by atoms with Crippen molar-refractivity contribution < 1.29 is 29.7 Å². The minimum atomic E-state index is -0.250. The van der Waals surface area contributed by atoms with Gasteiger partial charge in [0.1, 0.15) is 0 Å². The summed E-state index contributed by atoms with van der Waals surface area (Å²) in [6, 6.07) is 0. The first-order valence-electron chi connectivity index (χ1n) is 23.6. The molecule has 0 saturated carbocycles. The molecule has 0 aromatic heterocycles. The lowest BCUT2D eigenvalue weighted by Crippen LogP contribution is -2.30. The van der Waals surface area contributed by atoms with Gasteiger partial charge >= 0.3 is 0 Å². The lowest BCUT2D eigenvalue weighted by atomic mass is 9.89. The van der Waals surface area contributed by atoms with Gasteiger partial charge in [-0.25, -0.2) is 0 Å². The minimum absolute atomic E-state index is 0.105. The van der Waals surface area contributed by atoms with Crippen LogP contribution in [0.4, 0.5) is 0 Å². The minimum Gasteiger partial charge on any atom is -0.483 e. The van der Waals surface area contributed by atoms with Crippen molar-refractivity contribution in [2.75, 3.05) is 32.8 Å². The van der Waals surface area contributed by atoms with E-state index in [1.54, 1.807) is 13.8 Å². The highest BCUT2D eigenvalue weighted by Gasteiger charge is 2.10. The Hall–Kier alpha value is -1.67. The Morgan fingerprint density at radius 1 is 0.473 bits per heavy atom. The van der Waals surface area contributed by atoms with Gasteiger partial charge in [-0.15, -0.1) is 0 Å². The summed E-state index contributed by atoms with van der Waals surface area (Å²) in [4.78, 5) is 30.7. The van der Waals surface area contributed by atoms with Gasteiger partial charge in [0, 0.05) is 20.1 Å². The predicted octanol–water partition coefficient (Wildman–Crippen LogP) is 13.4. The molecule has 0 saturated heterocycles. The van der Waals surface area contributed by atoms with Crippen LogP contribution in [0.15, 0.2) is 0 Å². The van der Waals surface area contributed by atoms with Crippen LogP contribution in [0, 0.1) is 5.92 Å². The van der Waals surface area contributed by atoms with E-state index in [4.69, 9.17) is 24.9 Å². The van der Waals surface area contributed by atoms with Crippen molar-refractivity contribution in [3.8, 4) is 0 Å². The second-order valence-electron chi connectivity index (χ2n) is 15.6. The summed E-state index contributed by atoms with van der Waals surface area (Å²) in [5.41, 5.74) is 0. The molecule has 55 heavy (non-hydrogen) atoms. The Morgan fingerprint density at radius 2 is 0.709 bits per heavy atom. The number of nitrogens with zero attached hydrogens (tertiary/aromatic N) is 1. The molecule has 0 aliphatic carbocycles. The molecule has 0 atom stereocenters. The normalized spacial score (nSPS) is 10.5. The summed E-state index contributed by atoms with van der Waals surface area (Å²) in [6.07, 6.45) is 46.9. The maximum absolute atomic E-state index is 11.3. The van der Waals surface area contributed by atoms with Crippen molar-refractivity contribution in [3.05, 3.63) is 0 Å². The number of unbranched alkanes of at least 4 members (excludes halogenated alkanes) is 25. The fourth-order valence-electron chi connectivity index (χ4n) is 7.24. The molecule has 0 heterocycles. The van der Waals surface area contributed by atoms with E-state index in [1.807, 2.05) is 0 Å². The Kier molecular flexibility index (Phi) is 64.4. The highest BCUT2D eigenvalue weighted by molar-refractivity contribution is 5.72. The van der Waals surface area contributed by atoms with Crippen LogP contribution in [0.25, 0.3) is 0 Å². The Balaban J connectivity index is -0.00000130. The Labute approximate surface area is 343 Å². The van der Waals surface area contributed by atoms with Crippen molar-refractivity contribution in [1.82, 2.24) is 10.2 Å². The van der Waals surface area contributed by atoms with E-state index in [9.17, 15) is 4.79 Å². The van der Waals surface area contributed by atoms with Gasteiger partial charge in [-0.1, -0.05) is 213 Å². The molecular formula is C47H98N2O6. The zero-order valence-corrected chi connectivity index (χ0v) is 37.6. The number of nitrogens with one attached hydrogen (secondary N) is 1. The SMILES string of the molecule is CCCCCCCCCCCCCCN(CCCCCCCC(CCCCCCCC)CCCCCCCC)CCCNC(C)=O.CCO.O=CO.O=CO. The zero-order valence-electron chi connectivity index (χ0n) is 37.6. The number of carboxylic acid groups (broad SMARTS) is 2. The Bertz CT molecular complexity index is 674. The quantitative estimate of drug-likeness (QED) is 0.0361. The van der Waals surface area contributed by atoms with Crippen molar-refractivity contribution in [3.63, 3.8) is 0 Å². The standard InChI is InChI=1S/C43H88N2O.C2H6O.2CH2O2/c1-5-8-11-14-17-18-19-20-21-22-27-32-39-45(41-34-38-44-42(4)46)40-33-28-23-26-31-37-43(35-29-24-15-12-9-6-2)36-30-25-16-13-10-7-3;1-2-3;2*2-1-3/h43H,5-41H2,1-4H3,(H,44,46);3H,2H2,1H3;2*1H,(H,2,3). The second-order valence-corrected chi connectivity index (χ2v) is 15.6. The summed E-state index contributed by atoms with van der Waals surface area (Å²) >= 11 is 0. The zero-order chi connectivity index (χ0) is 41.7. The van der Waals surface area contributed by atoms with E-state index in [0.717, 1.165) is 25.4 Å². The molecule has 0 rings (SSSR count). The van der Waals surface area contributed by atoms with Crippen molar-refractivity contribution in [2.45, 2.75) is 247 Å². The average molecular weight is 787 g/mol. The lowest BCUT2D eigenvalue weighted by molar-refractivity contribution is -0.123. The number of hydrogen-bond acceptors (Lipinski definition) is 5. The van der Waals surface area contributed by atoms with Crippen LogP contribution in [0.1, 0.15) is 247 Å². The largest absolute Gasteiger partial charge is 0.483 e. The molecule has 0 aliphatic heterocycles. The third-order valence-corrected chi connectivity index (χ3v) is 10.4. The Morgan fingerprint density at radius 3 is 0.982 bits per heavy atom. The van der Waals surface area contributed by atoms with Crippen LogP contribution < -0.4 is 5.32 Å². The molecule has 1 amide bonds. The van der Waals surface area contributed by atoms with Gasteiger partial charge in [0.15, 0.2) is 0 Å². The number of carbonyl (C=O) groups excluding carboxylic acids is 1. The molecule has 0 aromatic rings. The van der Waals surface area contributed by atoms with E-state index < -0.39 is 0 Å². The number of amides is 1. The molecule has 0 spiro atoms. The summed E-state index contributed by atoms with van der Waals surface area (Å²) in [5.74, 6) is 1.10. The first-order valence-corrected chi connectivity index (χ1v) is 23.6. The molecule has 8 nitrogen and oxygen atoms in total. The van der Waals surface area contributed by atoms with Gasteiger partial charge in [-0.3, -0.25) is 14.4 Å². The average Bonchev–Trinajstić information content (AvgIpc) is 3.16. The lowest BCUT2D eigenvalue weighted by Gasteiger charge is -2.22. The van der Waals surface area contributed by atoms with Gasteiger partial charge in [0.05, 0.1) is 0 Å². The van der Waals surface area contributed by atoms with Crippen molar-refractivity contribution >= 4 is 18.9 Å². The van der Waals surface area contributed by atoms with Gasteiger partial charge in [0.25, 0.3) is 12.9 Å². The molecule has 0 unspecified atom stereocenters. The monoisotopic (exact) mass is 787 g/mol. The van der Waals surface area contributed by atoms with E-state index >= 15 is 0 Å². The van der Waals surface area contributed by atoms with Crippen molar-refractivity contribution in [2.24, 2.45) is 5.92 Å². The number of carbonyl (C=O) groups is 3. The summed E-state index contributed by atoms with van der Waals surface area (Å²) in [6.45, 7) is 14.5. The molecule has 4 N–H and O–H groups in total. The first-order chi connectivity index (χ1) is 26.9. The van der Waals surface area contributed by atoms with Crippen LogP contribution in [0.5, 0.6) is 0 Å². The smallest absolute Gasteiger partial charge is 0.290 e. The third kappa shape index (κ3) is 64.5. The molecule has 8 heteroatoms. The van der Waals surface area contributed by atoms with Crippen LogP contribution >= 0.6 is 0 Å². The van der Waals surface area contributed by atoms with Crippen LogP contribution in [0.2, 0.25) is 0 Å². The van der Waals surface area contributed by atoms with Gasteiger partial charge < -0.3 is 25.5 Å². The fraction of sp³-hybridized carbons (Fsp3) is 0.936. The predicted molar refractivity (Wildman–Crippen MR) is 238 cm³/mol.